The lowest BCUT2D eigenvalue weighted by Gasteiger charge is -2.20. The first-order valence-electron chi connectivity index (χ1n) is 2.64. The summed E-state index contributed by atoms with van der Waals surface area (Å²) in [6.07, 6.45) is 0. The Hall–Kier alpha value is -1.10. The van der Waals surface area contributed by atoms with Gasteiger partial charge in [-0.3, -0.25) is 0 Å². The predicted octanol–water partition coefficient (Wildman–Crippen LogP) is -3.55. The summed E-state index contributed by atoms with van der Waals surface area (Å²) in [5.41, 5.74) is 4.88. The molecule has 0 aliphatic heterocycles. The summed E-state index contributed by atoms with van der Waals surface area (Å²) in [6.45, 7) is 1.15. The highest BCUT2D eigenvalue weighted by molar-refractivity contribution is 5.79. The van der Waals surface area contributed by atoms with Gasteiger partial charge in [-0.05, 0) is 0 Å². The number of carboxylic acids is 2. The van der Waals surface area contributed by atoms with Gasteiger partial charge in [0.15, 0.2) is 0 Å². The fourth-order valence-corrected chi connectivity index (χ4v) is 0.351. The maximum absolute atomic E-state index is 9.96. The van der Waals surface area contributed by atoms with E-state index in [1.165, 1.54) is 0 Å². The Morgan fingerprint density at radius 1 is 1.30 bits per heavy atom. The predicted molar refractivity (Wildman–Crippen MR) is 27.2 cm³/mol. The third-order valence-electron chi connectivity index (χ3n) is 1.18. The van der Waals surface area contributed by atoms with E-state index in [0.717, 1.165) is 6.92 Å². The quantitative estimate of drug-likeness (QED) is 0.442. The first-order chi connectivity index (χ1) is 4.46. The molecule has 0 amide bonds. The lowest BCUT2D eigenvalue weighted by molar-refractivity contribution is -0.321. The Morgan fingerprint density at radius 3 is 1.80 bits per heavy atom. The molecule has 0 aliphatic rings. The van der Waals surface area contributed by atoms with E-state index in [1.54, 1.807) is 0 Å². The molecule has 0 saturated carbocycles. The second-order valence-corrected chi connectivity index (χ2v) is 1.95. The molecule has 2 atom stereocenters. The van der Waals surface area contributed by atoms with Gasteiger partial charge in [0.25, 0.3) is 0 Å². The third-order valence-corrected chi connectivity index (χ3v) is 1.18. The molecule has 0 fully saturated rings. The zero-order valence-electron chi connectivity index (χ0n) is 5.37. The van der Waals surface area contributed by atoms with E-state index in [1.807, 2.05) is 0 Å². The number of aliphatic carboxylic acids is 2. The number of nitrogens with two attached hydrogens (primary N) is 1. The van der Waals surface area contributed by atoms with Crippen molar-refractivity contribution in [3.63, 3.8) is 0 Å². The van der Waals surface area contributed by atoms with E-state index in [4.69, 9.17) is 5.73 Å². The molecule has 0 saturated heterocycles. The van der Waals surface area contributed by atoms with Crippen LogP contribution in [0, 0.1) is 5.92 Å². The first kappa shape index (κ1) is 8.90. The molecule has 2 N–H and O–H groups in total. The number of carboxylic acid groups (broad SMARTS) is 2. The molecule has 0 aromatic rings. The molecular formula is C5H7NO4-2. The maximum Gasteiger partial charge on any atom is 0.0588 e. The van der Waals surface area contributed by atoms with Crippen molar-refractivity contribution in [1.82, 2.24) is 0 Å². The zero-order valence-corrected chi connectivity index (χ0v) is 5.37. The Labute approximate surface area is 57.5 Å². The fourth-order valence-electron chi connectivity index (χ4n) is 0.351. The molecule has 0 bridgehead atoms. The van der Waals surface area contributed by atoms with Crippen LogP contribution in [0.25, 0.3) is 0 Å². The van der Waals surface area contributed by atoms with Crippen molar-refractivity contribution in [2.75, 3.05) is 0 Å². The minimum atomic E-state index is -1.59. The number of carbonyl (C=O) groups is 2. The van der Waals surface area contributed by atoms with Gasteiger partial charge in [-0.25, -0.2) is 0 Å². The van der Waals surface area contributed by atoms with Crippen molar-refractivity contribution in [1.29, 1.82) is 0 Å². The van der Waals surface area contributed by atoms with Crippen molar-refractivity contribution >= 4 is 11.9 Å². The summed E-state index contributed by atoms with van der Waals surface area (Å²) in [4.78, 5) is 19.9. The lowest BCUT2D eigenvalue weighted by atomic mass is 10.0. The SMILES string of the molecule is CC(C(=O)[O-])C(N)C(=O)[O-]. The highest BCUT2D eigenvalue weighted by atomic mass is 16.4. The molecule has 0 aromatic heterocycles. The van der Waals surface area contributed by atoms with Crippen LogP contribution < -0.4 is 15.9 Å². The van der Waals surface area contributed by atoms with E-state index in [9.17, 15) is 19.8 Å². The molecule has 10 heavy (non-hydrogen) atoms. The average molecular weight is 145 g/mol. The molecule has 0 radical (unpaired) electrons. The van der Waals surface area contributed by atoms with Crippen molar-refractivity contribution < 1.29 is 19.8 Å². The highest BCUT2D eigenvalue weighted by Gasteiger charge is 2.13. The van der Waals surface area contributed by atoms with Crippen LogP contribution in [-0.4, -0.2) is 18.0 Å². The highest BCUT2D eigenvalue weighted by Crippen LogP contribution is 1.96. The van der Waals surface area contributed by atoms with Gasteiger partial charge in [0, 0.05) is 11.9 Å². The second-order valence-electron chi connectivity index (χ2n) is 1.95. The topological polar surface area (TPSA) is 106 Å². The number of hydrogen-bond acceptors (Lipinski definition) is 5. The van der Waals surface area contributed by atoms with Crippen molar-refractivity contribution in [3.05, 3.63) is 0 Å². The summed E-state index contributed by atoms with van der Waals surface area (Å²) < 4.78 is 0. The third kappa shape index (κ3) is 2.02. The van der Waals surface area contributed by atoms with Crippen molar-refractivity contribution in [2.24, 2.45) is 11.7 Å². The average Bonchev–Trinajstić information content (AvgIpc) is 1.84. The molecule has 0 heterocycles. The minimum Gasteiger partial charge on any atom is -0.550 e. The Morgan fingerprint density at radius 2 is 1.70 bits per heavy atom. The van der Waals surface area contributed by atoms with E-state index in [-0.39, 0.29) is 0 Å². The second kappa shape index (κ2) is 3.17. The normalized spacial score (nSPS) is 15.8. The smallest absolute Gasteiger partial charge is 0.0588 e. The summed E-state index contributed by atoms with van der Waals surface area (Å²) in [6, 6.07) is -1.50. The fraction of sp³-hybridized carbons (Fsp3) is 0.600. The van der Waals surface area contributed by atoms with E-state index in [2.05, 4.69) is 0 Å². The van der Waals surface area contributed by atoms with Gasteiger partial charge >= 0.3 is 0 Å². The van der Waals surface area contributed by atoms with Crippen LogP contribution in [0.3, 0.4) is 0 Å². The maximum atomic E-state index is 9.96. The molecule has 0 aliphatic carbocycles. The largest absolute Gasteiger partial charge is 0.550 e. The van der Waals surface area contributed by atoms with Gasteiger partial charge < -0.3 is 25.5 Å². The van der Waals surface area contributed by atoms with Crippen LogP contribution in [0.1, 0.15) is 6.92 Å². The van der Waals surface area contributed by atoms with E-state index >= 15 is 0 Å². The molecule has 58 valence electrons. The number of hydrogen-bond donors (Lipinski definition) is 1. The zero-order chi connectivity index (χ0) is 8.31. The van der Waals surface area contributed by atoms with Gasteiger partial charge in [0.05, 0.1) is 12.0 Å². The van der Waals surface area contributed by atoms with Crippen LogP contribution in [0.15, 0.2) is 0 Å². The molecular weight excluding hydrogens is 138 g/mol. The van der Waals surface area contributed by atoms with Crippen LogP contribution in [0.4, 0.5) is 0 Å². The van der Waals surface area contributed by atoms with Crippen molar-refractivity contribution in [3.8, 4) is 0 Å². The lowest BCUT2D eigenvalue weighted by Crippen LogP contribution is -2.51. The van der Waals surface area contributed by atoms with Crippen LogP contribution >= 0.6 is 0 Å². The molecule has 5 heteroatoms. The monoisotopic (exact) mass is 145 g/mol. The Kier molecular flexibility index (Phi) is 2.82. The van der Waals surface area contributed by atoms with E-state index < -0.39 is 23.9 Å². The van der Waals surface area contributed by atoms with Gasteiger partial charge in [0.2, 0.25) is 0 Å². The van der Waals surface area contributed by atoms with Crippen LogP contribution in [-0.2, 0) is 9.59 Å². The molecule has 0 aromatic carbocycles. The number of rotatable bonds is 3. The van der Waals surface area contributed by atoms with Gasteiger partial charge in [-0.2, -0.15) is 0 Å². The number of carbonyl (C=O) groups excluding carboxylic acids is 2. The molecule has 5 nitrogen and oxygen atoms in total. The van der Waals surface area contributed by atoms with Gasteiger partial charge in [-0.15, -0.1) is 0 Å². The van der Waals surface area contributed by atoms with Crippen molar-refractivity contribution in [2.45, 2.75) is 13.0 Å². The van der Waals surface area contributed by atoms with Gasteiger partial charge in [0.1, 0.15) is 0 Å². The van der Waals surface area contributed by atoms with Crippen LogP contribution in [0.2, 0.25) is 0 Å². The van der Waals surface area contributed by atoms with E-state index in [0.29, 0.717) is 0 Å². The molecule has 0 rings (SSSR count). The Bertz CT molecular complexity index is 138. The van der Waals surface area contributed by atoms with Crippen LogP contribution in [0.5, 0.6) is 0 Å². The van der Waals surface area contributed by atoms with Gasteiger partial charge in [-0.1, -0.05) is 6.92 Å². The Balaban J connectivity index is 4.07. The molecule has 2 unspecified atom stereocenters. The standard InChI is InChI=1S/C5H9NO4/c1-2(4(7)8)3(6)5(9)10/h2-3H,6H2,1H3,(H,7,8)(H,9,10)/p-2. The minimum absolute atomic E-state index is 1.15. The first-order valence-corrected chi connectivity index (χ1v) is 2.64. The summed E-state index contributed by atoms with van der Waals surface area (Å²) in [7, 11) is 0. The summed E-state index contributed by atoms with van der Waals surface area (Å²) in [5.74, 6) is -4.29. The summed E-state index contributed by atoms with van der Waals surface area (Å²) >= 11 is 0. The summed E-state index contributed by atoms with van der Waals surface area (Å²) in [5, 5.41) is 19.9. The molecule has 0 spiro atoms.